The Balaban J connectivity index is 1.49. The Hall–Kier alpha value is -3.84. The van der Waals surface area contributed by atoms with Gasteiger partial charge in [-0.15, -0.1) is 0 Å². The van der Waals surface area contributed by atoms with Crippen LogP contribution < -0.4 is 9.47 Å². The van der Waals surface area contributed by atoms with E-state index >= 15 is 0 Å². The number of nitrogens with zero attached hydrogens (tertiary/aromatic N) is 1. The van der Waals surface area contributed by atoms with Gasteiger partial charge in [0.1, 0.15) is 11.5 Å². The van der Waals surface area contributed by atoms with Crippen molar-refractivity contribution in [1.29, 1.82) is 5.26 Å². The second-order valence-electron chi connectivity index (χ2n) is 6.34. The molecule has 0 saturated heterocycles. The molecule has 0 bridgehead atoms. The Morgan fingerprint density at radius 2 is 1.52 bits per heavy atom. The largest absolute Gasteiger partial charge is 0.494 e. The van der Waals surface area contributed by atoms with Gasteiger partial charge >= 0.3 is 5.97 Å². The molecule has 0 saturated carbocycles. The van der Waals surface area contributed by atoms with Gasteiger partial charge in [-0.1, -0.05) is 60.7 Å². The third-order valence-electron chi connectivity index (χ3n) is 4.17. The molecule has 0 aliphatic carbocycles. The first-order valence-electron chi connectivity index (χ1n) is 9.40. The summed E-state index contributed by atoms with van der Waals surface area (Å²) >= 11 is 0. The third-order valence-corrected chi connectivity index (χ3v) is 4.17. The van der Waals surface area contributed by atoms with Crippen molar-refractivity contribution in [2.75, 3.05) is 6.61 Å². The van der Waals surface area contributed by atoms with Crippen LogP contribution in [0.1, 0.15) is 24.0 Å². The van der Waals surface area contributed by atoms with Crippen LogP contribution in [0.3, 0.4) is 0 Å². The summed E-state index contributed by atoms with van der Waals surface area (Å²) in [6, 6.07) is 28.3. The van der Waals surface area contributed by atoms with E-state index < -0.39 is 0 Å². The van der Waals surface area contributed by atoms with E-state index in [0.29, 0.717) is 24.4 Å². The molecule has 0 radical (unpaired) electrons. The molecule has 0 aliphatic heterocycles. The van der Waals surface area contributed by atoms with E-state index in [1.807, 2.05) is 78.9 Å². The van der Waals surface area contributed by atoms with Gasteiger partial charge in [0.15, 0.2) is 0 Å². The third kappa shape index (κ3) is 6.37. The topological polar surface area (TPSA) is 59.3 Å². The number of allylic oxidation sites excluding steroid dienone is 1. The van der Waals surface area contributed by atoms with Gasteiger partial charge in [0.2, 0.25) is 0 Å². The van der Waals surface area contributed by atoms with E-state index in [9.17, 15) is 10.1 Å². The summed E-state index contributed by atoms with van der Waals surface area (Å²) < 4.78 is 10.9. The van der Waals surface area contributed by atoms with Crippen LogP contribution in [0.4, 0.5) is 0 Å². The number of ether oxygens (including phenoxy) is 2. The predicted octanol–water partition coefficient (Wildman–Crippen LogP) is 5.52. The maximum absolute atomic E-state index is 12.0. The van der Waals surface area contributed by atoms with Crippen LogP contribution in [0.5, 0.6) is 11.5 Å². The normalized spacial score (nSPS) is 10.8. The zero-order valence-electron chi connectivity index (χ0n) is 16.0. The van der Waals surface area contributed by atoms with Crippen LogP contribution in [0.2, 0.25) is 0 Å². The lowest BCUT2D eigenvalue weighted by Crippen LogP contribution is -2.09. The Bertz CT molecular complexity index is 988. The smallest absolute Gasteiger partial charge is 0.311 e. The summed E-state index contributed by atoms with van der Waals surface area (Å²) in [6.45, 7) is 0.458. The van der Waals surface area contributed by atoms with Crippen LogP contribution in [0.25, 0.3) is 11.6 Å². The molecule has 0 aliphatic rings. The Kier molecular flexibility index (Phi) is 7.20. The quantitative estimate of drug-likeness (QED) is 0.169. The SMILES string of the molecule is N#C/C(=C/c1ccc(OC(=O)CCCOc2ccccc2)cc1)c1ccccc1. The van der Waals surface area contributed by atoms with Gasteiger partial charge in [0.05, 0.1) is 18.2 Å². The fourth-order valence-corrected chi connectivity index (χ4v) is 2.70. The lowest BCUT2D eigenvalue weighted by Gasteiger charge is -2.07. The van der Waals surface area contributed by atoms with E-state index in [2.05, 4.69) is 6.07 Å². The zero-order chi connectivity index (χ0) is 20.3. The van der Waals surface area contributed by atoms with Crippen molar-refractivity contribution in [3.63, 3.8) is 0 Å². The fourth-order valence-electron chi connectivity index (χ4n) is 2.70. The Morgan fingerprint density at radius 3 is 2.17 bits per heavy atom. The molecule has 4 nitrogen and oxygen atoms in total. The monoisotopic (exact) mass is 383 g/mol. The molecule has 0 N–H and O–H groups in total. The maximum atomic E-state index is 12.0. The summed E-state index contributed by atoms with van der Waals surface area (Å²) in [5.74, 6) is 0.970. The second-order valence-corrected chi connectivity index (χ2v) is 6.34. The molecular weight excluding hydrogens is 362 g/mol. The van der Waals surface area contributed by atoms with Gasteiger partial charge in [-0.2, -0.15) is 5.26 Å². The number of carbonyl (C=O) groups excluding carboxylic acids is 1. The van der Waals surface area contributed by atoms with Crippen molar-refractivity contribution >= 4 is 17.6 Å². The van der Waals surface area contributed by atoms with Crippen molar-refractivity contribution in [3.8, 4) is 17.6 Å². The fraction of sp³-hybridized carbons (Fsp3) is 0.120. The number of esters is 1. The summed E-state index contributed by atoms with van der Waals surface area (Å²) in [5, 5.41) is 9.39. The maximum Gasteiger partial charge on any atom is 0.311 e. The minimum Gasteiger partial charge on any atom is -0.494 e. The van der Waals surface area contributed by atoms with Crippen LogP contribution in [-0.2, 0) is 4.79 Å². The first kappa shape index (κ1) is 19.9. The molecule has 0 unspecified atom stereocenters. The molecule has 0 fully saturated rings. The average Bonchev–Trinajstić information content (AvgIpc) is 2.77. The molecular formula is C25H21NO3. The number of hydrogen-bond donors (Lipinski definition) is 0. The standard InChI is InChI=1S/C25H21NO3/c26-19-22(21-8-3-1-4-9-21)18-20-13-15-24(16-14-20)29-25(27)12-7-17-28-23-10-5-2-6-11-23/h1-6,8-11,13-16,18H,7,12,17H2/b22-18-. The van der Waals surface area contributed by atoms with Crippen LogP contribution in [-0.4, -0.2) is 12.6 Å². The first-order chi connectivity index (χ1) is 14.2. The predicted molar refractivity (Wildman–Crippen MR) is 113 cm³/mol. The highest BCUT2D eigenvalue weighted by Crippen LogP contribution is 2.20. The molecule has 144 valence electrons. The van der Waals surface area contributed by atoms with Gasteiger partial charge < -0.3 is 9.47 Å². The van der Waals surface area contributed by atoms with Crippen molar-refractivity contribution in [1.82, 2.24) is 0 Å². The van der Waals surface area contributed by atoms with E-state index in [1.54, 1.807) is 12.1 Å². The number of para-hydroxylation sites is 1. The molecule has 0 heterocycles. The molecule has 3 aromatic carbocycles. The lowest BCUT2D eigenvalue weighted by molar-refractivity contribution is -0.134. The number of nitriles is 1. The van der Waals surface area contributed by atoms with E-state index in [4.69, 9.17) is 9.47 Å². The first-order valence-corrected chi connectivity index (χ1v) is 9.40. The molecule has 4 heteroatoms. The van der Waals surface area contributed by atoms with Gasteiger partial charge in [0.25, 0.3) is 0 Å². The van der Waals surface area contributed by atoms with Crippen LogP contribution in [0, 0.1) is 11.3 Å². The summed E-state index contributed by atoms with van der Waals surface area (Å²) in [4.78, 5) is 12.0. The van der Waals surface area contributed by atoms with Crippen molar-refractivity contribution in [2.45, 2.75) is 12.8 Å². The molecule has 0 amide bonds. The summed E-state index contributed by atoms with van der Waals surface area (Å²) in [5.41, 5.74) is 2.30. The highest BCUT2D eigenvalue weighted by Gasteiger charge is 2.06. The molecule has 3 rings (SSSR count). The van der Waals surface area contributed by atoms with Gasteiger partial charge in [-0.3, -0.25) is 4.79 Å². The highest BCUT2D eigenvalue weighted by molar-refractivity contribution is 5.89. The minimum absolute atomic E-state index is 0.279. The molecule has 3 aromatic rings. The van der Waals surface area contributed by atoms with Crippen molar-refractivity contribution in [3.05, 3.63) is 96.1 Å². The van der Waals surface area contributed by atoms with Gasteiger partial charge in [-0.05, 0) is 47.9 Å². The van der Waals surface area contributed by atoms with Gasteiger partial charge in [-0.25, -0.2) is 0 Å². The summed E-state index contributed by atoms with van der Waals surface area (Å²) in [6.07, 6.45) is 2.67. The van der Waals surface area contributed by atoms with Gasteiger partial charge in [0, 0.05) is 6.42 Å². The number of benzene rings is 3. The Labute approximate surface area is 170 Å². The van der Waals surface area contributed by atoms with Crippen LogP contribution >= 0.6 is 0 Å². The number of hydrogen-bond acceptors (Lipinski definition) is 4. The number of rotatable bonds is 8. The average molecular weight is 383 g/mol. The molecule has 29 heavy (non-hydrogen) atoms. The molecule has 0 atom stereocenters. The molecule has 0 spiro atoms. The van der Waals surface area contributed by atoms with E-state index in [-0.39, 0.29) is 12.4 Å². The van der Waals surface area contributed by atoms with E-state index in [0.717, 1.165) is 16.9 Å². The minimum atomic E-state index is -0.299. The van der Waals surface area contributed by atoms with Crippen molar-refractivity contribution < 1.29 is 14.3 Å². The van der Waals surface area contributed by atoms with Crippen LogP contribution in [0.15, 0.2) is 84.9 Å². The zero-order valence-corrected chi connectivity index (χ0v) is 16.0. The summed E-state index contributed by atoms with van der Waals surface area (Å²) in [7, 11) is 0. The highest BCUT2D eigenvalue weighted by atomic mass is 16.5. The Morgan fingerprint density at radius 1 is 0.862 bits per heavy atom. The van der Waals surface area contributed by atoms with Crippen molar-refractivity contribution in [2.24, 2.45) is 0 Å². The van der Waals surface area contributed by atoms with E-state index in [1.165, 1.54) is 0 Å². The number of carbonyl (C=O) groups is 1. The lowest BCUT2D eigenvalue weighted by atomic mass is 10.0. The second kappa shape index (κ2) is 10.5. The molecule has 0 aromatic heterocycles.